The highest BCUT2D eigenvalue weighted by atomic mass is 16.6. The predicted octanol–water partition coefficient (Wildman–Crippen LogP) is 5.84. The summed E-state index contributed by atoms with van der Waals surface area (Å²) in [4.78, 5) is 64.6. The molecule has 12 nitrogen and oxygen atoms in total. The number of carbonyl (C=O) groups is 4. The van der Waals surface area contributed by atoms with Crippen LogP contribution in [-0.2, 0) is 38.5 Å². The number of nitrogens with two attached hydrogens (primary N) is 1. The smallest absolute Gasteiger partial charge is 0.417 e. The number of imidazole rings is 1. The number of rotatable bonds is 18. The molecule has 1 fully saturated rings. The Labute approximate surface area is 326 Å². The van der Waals surface area contributed by atoms with E-state index in [0.29, 0.717) is 25.1 Å². The third-order valence-corrected chi connectivity index (χ3v) is 10.1. The SMILES string of the molecule is CC(C)C[C@H](C[C@H](O)[C@H](CC1CCCCC1)NC(=O)[C@H](Cc1c[nH]cn1)N(C(=O)OC(C)(C)C)C(=O)[C@@H](N)Cc1ccccc1)C(=O)NCc1ccccc1. The van der Waals surface area contributed by atoms with Gasteiger partial charge in [0.25, 0.3) is 0 Å². The molecule has 1 heterocycles. The molecule has 4 amide bonds. The zero-order valence-corrected chi connectivity index (χ0v) is 33.2. The lowest BCUT2D eigenvalue weighted by molar-refractivity contribution is -0.141. The van der Waals surface area contributed by atoms with Crippen LogP contribution >= 0.6 is 0 Å². The summed E-state index contributed by atoms with van der Waals surface area (Å²) in [5, 5.41) is 18.1. The molecule has 1 aliphatic carbocycles. The highest BCUT2D eigenvalue weighted by Gasteiger charge is 2.42. The van der Waals surface area contributed by atoms with Gasteiger partial charge in [-0.15, -0.1) is 0 Å². The monoisotopic (exact) mass is 758 g/mol. The van der Waals surface area contributed by atoms with Crippen LogP contribution in [0.15, 0.2) is 73.2 Å². The number of nitrogens with one attached hydrogen (secondary N) is 3. The van der Waals surface area contributed by atoms with Gasteiger partial charge in [0, 0.05) is 25.1 Å². The van der Waals surface area contributed by atoms with E-state index < -0.39 is 53.7 Å². The zero-order valence-electron chi connectivity index (χ0n) is 33.2. The third-order valence-electron chi connectivity index (χ3n) is 10.1. The van der Waals surface area contributed by atoms with Crippen molar-refractivity contribution in [2.24, 2.45) is 23.5 Å². The Balaban J connectivity index is 1.65. The highest BCUT2D eigenvalue weighted by Crippen LogP contribution is 2.30. The maximum absolute atomic E-state index is 14.7. The lowest BCUT2D eigenvalue weighted by atomic mass is 9.81. The quantitative estimate of drug-likeness (QED) is 0.107. The molecule has 0 spiro atoms. The minimum atomic E-state index is -1.41. The first kappa shape index (κ1) is 43.2. The average Bonchev–Trinajstić information content (AvgIpc) is 3.66. The topological polar surface area (TPSA) is 180 Å². The van der Waals surface area contributed by atoms with Gasteiger partial charge in [0.05, 0.1) is 30.2 Å². The van der Waals surface area contributed by atoms with Gasteiger partial charge < -0.3 is 31.2 Å². The number of nitrogens with zero attached hydrogens (tertiary/aromatic N) is 2. The third kappa shape index (κ3) is 14.2. The maximum Gasteiger partial charge on any atom is 0.417 e. The minimum Gasteiger partial charge on any atom is -0.443 e. The Morgan fingerprint density at radius 3 is 2.15 bits per heavy atom. The van der Waals surface area contributed by atoms with Crippen molar-refractivity contribution >= 4 is 23.8 Å². The molecule has 0 bridgehead atoms. The zero-order chi connectivity index (χ0) is 40.0. The average molecular weight is 759 g/mol. The van der Waals surface area contributed by atoms with Gasteiger partial charge in [-0.2, -0.15) is 0 Å². The lowest BCUT2D eigenvalue weighted by Crippen LogP contribution is -2.60. The first-order chi connectivity index (χ1) is 26.2. The van der Waals surface area contributed by atoms with E-state index in [1.165, 1.54) is 6.33 Å². The number of aliphatic hydroxyl groups excluding tert-OH is 1. The molecule has 0 unspecified atom stereocenters. The van der Waals surface area contributed by atoms with E-state index in [9.17, 15) is 24.3 Å². The van der Waals surface area contributed by atoms with Crippen molar-refractivity contribution in [2.75, 3.05) is 0 Å². The van der Waals surface area contributed by atoms with Gasteiger partial charge in [-0.3, -0.25) is 14.4 Å². The predicted molar refractivity (Wildman–Crippen MR) is 212 cm³/mol. The second-order valence-corrected chi connectivity index (χ2v) is 16.5. The lowest BCUT2D eigenvalue weighted by Gasteiger charge is -2.36. The molecule has 12 heteroatoms. The van der Waals surface area contributed by atoms with Crippen molar-refractivity contribution in [3.63, 3.8) is 0 Å². The number of hydrogen-bond acceptors (Lipinski definition) is 8. The maximum atomic E-state index is 14.7. The molecule has 4 rings (SSSR count). The Hall–Kier alpha value is -4.55. The molecule has 55 heavy (non-hydrogen) atoms. The van der Waals surface area contributed by atoms with E-state index in [2.05, 4.69) is 20.6 Å². The van der Waals surface area contributed by atoms with Crippen LogP contribution in [0.2, 0.25) is 0 Å². The summed E-state index contributed by atoms with van der Waals surface area (Å²) in [6.45, 7) is 9.48. The summed E-state index contributed by atoms with van der Waals surface area (Å²) >= 11 is 0. The highest BCUT2D eigenvalue weighted by molar-refractivity contribution is 6.00. The molecule has 1 saturated carbocycles. The van der Waals surface area contributed by atoms with Crippen molar-refractivity contribution in [1.29, 1.82) is 0 Å². The Bertz CT molecular complexity index is 1620. The summed E-state index contributed by atoms with van der Waals surface area (Å²) in [5.74, 6) is -1.67. The molecule has 5 atom stereocenters. The van der Waals surface area contributed by atoms with Crippen molar-refractivity contribution in [1.82, 2.24) is 25.5 Å². The van der Waals surface area contributed by atoms with Gasteiger partial charge >= 0.3 is 6.09 Å². The molecule has 6 N–H and O–H groups in total. The van der Waals surface area contributed by atoms with Crippen LogP contribution in [0.5, 0.6) is 0 Å². The number of benzene rings is 2. The van der Waals surface area contributed by atoms with Crippen molar-refractivity contribution in [3.05, 3.63) is 90.0 Å². The molecule has 1 aliphatic rings. The Morgan fingerprint density at radius 2 is 1.56 bits per heavy atom. The van der Waals surface area contributed by atoms with Crippen LogP contribution in [0.4, 0.5) is 4.79 Å². The van der Waals surface area contributed by atoms with Crippen LogP contribution in [0.1, 0.15) is 103 Å². The number of hydrogen-bond donors (Lipinski definition) is 5. The van der Waals surface area contributed by atoms with E-state index in [4.69, 9.17) is 10.5 Å². The van der Waals surface area contributed by atoms with E-state index in [-0.39, 0.29) is 37.0 Å². The molecule has 2 aromatic carbocycles. The fourth-order valence-corrected chi connectivity index (χ4v) is 7.36. The number of ether oxygens (including phenoxy) is 1. The summed E-state index contributed by atoms with van der Waals surface area (Å²) in [7, 11) is 0. The summed E-state index contributed by atoms with van der Waals surface area (Å²) < 4.78 is 5.73. The second kappa shape index (κ2) is 20.9. The standard InChI is InChI=1S/C43H62N6O6/c1-29(2)21-33(39(51)46-26-32-19-13-8-14-20-32)24-38(50)36(23-31-17-11-7-12-18-31)48-40(52)37(25-34-27-45-28-47-34)49(42(54)55-43(3,4)5)41(53)35(44)22-30-15-9-6-10-16-30/h6,8-10,13-16,19-20,27-29,31,33,35-38,50H,7,11-12,17-18,21-26,44H2,1-5H3,(H,45,47)(H,46,51)(H,48,52)/t33-,35+,36+,37+,38+/m1/s1. The summed E-state index contributed by atoms with van der Waals surface area (Å²) in [6.07, 6.45) is 7.28. The molecule has 1 aromatic heterocycles. The number of imide groups is 1. The molecule has 0 saturated heterocycles. The fraction of sp³-hybridized carbons (Fsp3) is 0.558. The molecular weight excluding hydrogens is 697 g/mol. The van der Waals surface area contributed by atoms with E-state index in [1.54, 1.807) is 27.0 Å². The van der Waals surface area contributed by atoms with Gasteiger partial charge in [0.15, 0.2) is 0 Å². The first-order valence-electron chi connectivity index (χ1n) is 19.8. The number of H-pyrrole nitrogens is 1. The number of aromatic amines is 1. The van der Waals surface area contributed by atoms with Gasteiger partial charge in [0.1, 0.15) is 11.6 Å². The largest absolute Gasteiger partial charge is 0.443 e. The van der Waals surface area contributed by atoms with Gasteiger partial charge in [-0.05, 0) is 69.4 Å². The van der Waals surface area contributed by atoms with E-state index in [0.717, 1.165) is 48.1 Å². The van der Waals surface area contributed by atoms with Crippen LogP contribution < -0.4 is 16.4 Å². The van der Waals surface area contributed by atoms with Gasteiger partial charge in [0.2, 0.25) is 17.7 Å². The Kier molecular flexibility index (Phi) is 16.4. The van der Waals surface area contributed by atoms with Crippen LogP contribution in [0, 0.1) is 17.8 Å². The second-order valence-electron chi connectivity index (χ2n) is 16.5. The van der Waals surface area contributed by atoms with Crippen LogP contribution in [-0.4, -0.2) is 73.6 Å². The van der Waals surface area contributed by atoms with Crippen LogP contribution in [0.3, 0.4) is 0 Å². The number of aliphatic hydroxyl groups is 1. The number of aromatic nitrogens is 2. The van der Waals surface area contributed by atoms with Crippen molar-refractivity contribution in [3.8, 4) is 0 Å². The summed E-state index contributed by atoms with van der Waals surface area (Å²) in [6, 6.07) is 15.5. The molecule has 3 aromatic rings. The Morgan fingerprint density at radius 1 is 0.927 bits per heavy atom. The van der Waals surface area contributed by atoms with E-state index in [1.807, 2.05) is 74.5 Å². The van der Waals surface area contributed by atoms with Gasteiger partial charge in [-0.25, -0.2) is 14.7 Å². The fourth-order valence-electron chi connectivity index (χ4n) is 7.36. The normalized spacial score (nSPS) is 16.4. The van der Waals surface area contributed by atoms with Crippen LogP contribution in [0.25, 0.3) is 0 Å². The molecular formula is C43H62N6O6. The van der Waals surface area contributed by atoms with Gasteiger partial charge in [-0.1, -0.05) is 107 Å². The van der Waals surface area contributed by atoms with Crippen molar-refractivity contribution < 1.29 is 29.0 Å². The first-order valence-corrected chi connectivity index (χ1v) is 19.8. The molecule has 0 radical (unpaired) electrons. The van der Waals surface area contributed by atoms with E-state index >= 15 is 0 Å². The molecule has 0 aliphatic heterocycles. The molecule has 300 valence electrons. The minimum absolute atomic E-state index is 0.122. The number of carbonyl (C=O) groups excluding carboxylic acids is 4. The summed E-state index contributed by atoms with van der Waals surface area (Å²) in [5.41, 5.74) is 7.70. The number of amides is 4. The van der Waals surface area contributed by atoms with Crippen molar-refractivity contribution in [2.45, 2.75) is 135 Å².